The van der Waals surface area contributed by atoms with Crippen molar-refractivity contribution in [3.8, 4) is 0 Å². The van der Waals surface area contributed by atoms with Gasteiger partial charge in [-0.2, -0.15) is 0 Å². The van der Waals surface area contributed by atoms with Crippen molar-refractivity contribution in [2.24, 2.45) is 0 Å². The molecule has 6 nitrogen and oxygen atoms in total. The lowest BCUT2D eigenvalue weighted by molar-refractivity contribution is -0.118. The lowest BCUT2D eigenvalue weighted by Crippen LogP contribution is -2.35. The molecule has 2 aromatic carbocycles. The van der Waals surface area contributed by atoms with E-state index in [-0.39, 0.29) is 29.8 Å². The Kier molecular flexibility index (Phi) is 7.03. The first-order valence-electron chi connectivity index (χ1n) is 10.2. The second kappa shape index (κ2) is 9.89. The lowest BCUT2D eigenvalue weighted by atomic mass is 10.0. The number of benzene rings is 2. The number of anilines is 1. The summed E-state index contributed by atoms with van der Waals surface area (Å²) in [6, 6.07) is 22.0. The number of pyridine rings is 1. The molecule has 0 saturated carbocycles. The molecule has 31 heavy (non-hydrogen) atoms. The molecular formula is C25H27N3O3. The van der Waals surface area contributed by atoms with Gasteiger partial charge in [0, 0.05) is 38.6 Å². The Balaban J connectivity index is 1.71. The zero-order valence-corrected chi connectivity index (χ0v) is 18.1. The van der Waals surface area contributed by atoms with Gasteiger partial charge in [-0.1, -0.05) is 55.5 Å². The molecule has 3 rings (SSSR count). The maximum atomic E-state index is 12.9. The topological polar surface area (TPSA) is 62.6 Å². The number of aromatic nitrogens is 1. The minimum absolute atomic E-state index is 0.143. The number of para-hydroxylation sites is 1. The third-order valence-electron chi connectivity index (χ3n) is 5.32. The van der Waals surface area contributed by atoms with E-state index >= 15 is 0 Å². The highest BCUT2D eigenvalue weighted by Gasteiger charge is 2.18. The number of carbonyl (C=O) groups is 2. The van der Waals surface area contributed by atoms with E-state index in [9.17, 15) is 14.4 Å². The molecule has 6 heteroatoms. The summed E-state index contributed by atoms with van der Waals surface area (Å²) < 4.78 is 1.28. The molecule has 160 valence electrons. The van der Waals surface area contributed by atoms with E-state index in [0.717, 1.165) is 11.3 Å². The highest BCUT2D eigenvalue weighted by molar-refractivity contribution is 5.94. The second-order valence-electron chi connectivity index (χ2n) is 7.67. The van der Waals surface area contributed by atoms with Crippen LogP contribution in [0.25, 0.3) is 0 Å². The molecule has 0 aliphatic carbocycles. The fraction of sp³-hybridized carbons (Fsp3) is 0.240. The van der Waals surface area contributed by atoms with Gasteiger partial charge in [-0.05, 0) is 29.7 Å². The van der Waals surface area contributed by atoms with Crippen LogP contribution in [0, 0.1) is 0 Å². The average molecular weight is 418 g/mol. The first kappa shape index (κ1) is 22.0. The zero-order valence-electron chi connectivity index (χ0n) is 18.1. The molecule has 0 saturated heterocycles. The number of carbonyl (C=O) groups excluding carboxylic acids is 2. The van der Waals surface area contributed by atoms with Gasteiger partial charge >= 0.3 is 0 Å². The lowest BCUT2D eigenvalue weighted by Gasteiger charge is -2.22. The monoisotopic (exact) mass is 417 g/mol. The van der Waals surface area contributed by atoms with Crippen molar-refractivity contribution >= 4 is 17.5 Å². The molecule has 1 heterocycles. The van der Waals surface area contributed by atoms with Gasteiger partial charge in [0.15, 0.2) is 0 Å². The number of hydrogen-bond donors (Lipinski definition) is 0. The second-order valence-corrected chi connectivity index (χ2v) is 7.67. The highest BCUT2D eigenvalue weighted by atomic mass is 16.2. The first-order valence-corrected chi connectivity index (χ1v) is 10.2. The van der Waals surface area contributed by atoms with Gasteiger partial charge in [-0.15, -0.1) is 0 Å². The van der Waals surface area contributed by atoms with Crippen LogP contribution in [0.5, 0.6) is 0 Å². The van der Waals surface area contributed by atoms with Crippen LogP contribution >= 0.6 is 0 Å². The smallest absolute Gasteiger partial charge is 0.255 e. The van der Waals surface area contributed by atoms with Crippen LogP contribution in [0.3, 0.4) is 0 Å². The van der Waals surface area contributed by atoms with Crippen molar-refractivity contribution in [2.75, 3.05) is 25.5 Å². The van der Waals surface area contributed by atoms with E-state index in [2.05, 4.69) is 6.92 Å². The van der Waals surface area contributed by atoms with Crippen molar-refractivity contribution < 1.29 is 9.59 Å². The molecule has 0 fully saturated rings. The van der Waals surface area contributed by atoms with Crippen LogP contribution in [0.4, 0.5) is 5.69 Å². The van der Waals surface area contributed by atoms with Gasteiger partial charge in [0.2, 0.25) is 5.91 Å². The quantitative estimate of drug-likeness (QED) is 0.592. The van der Waals surface area contributed by atoms with Crippen molar-refractivity contribution in [3.05, 3.63) is 100 Å². The molecule has 0 spiro atoms. The van der Waals surface area contributed by atoms with Gasteiger partial charge in [0.1, 0.15) is 6.54 Å². The summed E-state index contributed by atoms with van der Waals surface area (Å²) in [4.78, 5) is 41.0. The maximum absolute atomic E-state index is 12.9. The van der Waals surface area contributed by atoms with E-state index in [4.69, 9.17) is 0 Å². The van der Waals surface area contributed by atoms with Crippen molar-refractivity contribution in [3.63, 3.8) is 0 Å². The standard InChI is InChI=1S/C25H27N3O3/c1-19(20-10-6-4-7-11-20)16-26(2)25(31)21-14-15-23(29)28(17-21)18-24(30)27(3)22-12-8-5-9-13-22/h4-15,17,19H,16,18H2,1-3H3/t19-/m0/s1. The molecule has 0 N–H and O–H groups in total. The van der Waals surface area contributed by atoms with Crippen molar-refractivity contribution in [1.82, 2.24) is 9.47 Å². The van der Waals surface area contributed by atoms with Crippen LogP contribution in [-0.2, 0) is 11.3 Å². The molecule has 0 aliphatic heterocycles. The molecule has 0 unspecified atom stereocenters. The maximum Gasteiger partial charge on any atom is 0.255 e. The molecule has 0 aliphatic rings. The van der Waals surface area contributed by atoms with E-state index in [0.29, 0.717) is 12.1 Å². The summed E-state index contributed by atoms with van der Waals surface area (Å²) >= 11 is 0. The van der Waals surface area contributed by atoms with Crippen LogP contribution in [0.15, 0.2) is 83.8 Å². The number of hydrogen-bond acceptors (Lipinski definition) is 3. The fourth-order valence-electron chi connectivity index (χ4n) is 3.43. The SMILES string of the molecule is C[C@@H](CN(C)C(=O)c1ccc(=O)n(CC(=O)N(C)c2ccccc2)c1)c1ccccc1. The summed E-state index contributed by atoms with van der Waals surface area (Å²) in [5.74, 6) is -0.272. The normalized spacial score (nSPS) is 11.6. The van der Waals surface area contributed by atoms with Gasteiger partial charge in [0.25, 0.3) is 11.5 Å². The summed E-state index contributed by atoms with van der Waals surface area (Å²) in [5.41, 5.74) is 1.94. The molecular weight excluding hydrogens is 390 g/mol. The van der Waals surface area contributed by atoms with Gasteiger partial charge in [-0.3, -0.25) is 14.4 Å². The van der Waals surface area contributed by atoms with Gasteiger partial charge < -0.3 is 14.4 Å². The number of nitrogens with zero attached hydrogens (tertiary/aromatic N) is 3. The zero-order chi connectivity index (χ0) is 22.4. The minimum atomic E-state index is -0.327. The van der Waals surface area contributed by atoms with Crippen molar-refractivity contribution in [2.45, 2.75) is 19.4 Å². The number of amides is 2. The minimum Gasteiger partial charge on any atom is -0.341 e. The molecule has 1 atom stereocenters. The Morgan fingerprint density at radius 3 is 2.16 bits per heavy atom. The Bertz CT molecular complexity index is 1090. The average Bonchev–Trinajstić information content (AvgIpc) is 2.80. The van der Waals surface area contributed by atoms with Crippen molar-refractivity contribution in [1.29, 1.82) is 0 Å². The van der Waals surface area contributed by atoms with E-state index < -0.39 is 0 Å². The molecule has 2 amide bonds. The summed E-state index contributed by atoms with van der Waals surface area (Å²) in [6.45, 7) is 2.46. The molecule has 0 bridgehead atoms. The summed E-state index contributed by atoms with van der Waals surface area (Å²) in [5, 5.41) is 0. The Morgan fingerprint density at radius 1 is 0.903 bits per heavy atom. The van der Waals surface area contributed by atoms with Crippen LogP contribution in [0.1, 0.15) is 28.8 Å². The van der Waals surface area contributed by atoms with Crippen LogP contribution in [-0.4, -0.2) is 41.9 Å². The largest absolute Gasteiger partial charge is 0.341 e. The number of likely N-dealkylation sites (N-methyl/N-ethyl adjacent to an activating group) is 2. The van der Waals surface area contributed by atoms with Crippen LogP contribution < -0.4 is 10.5 Å². The first-order chi connectivity index (χ1) is 14.9. The van der Waals surface area contributed by atoms with E-state index in [1.165, 1.54) is 27.8 Å². The van der Waals surface area contributed by atoms with Crippen LogP contribution in [0.2, 0.25) is 0 Å². The number of rotatable bonds is 7. The summed E-state index contributed by atoms with van der Waals surface area (Å²) in [7, 11) is 3.40. The third kappa shape index (κ3) is 5.48. The predicted octanol–water partition coefficient (Wildman–Crippen LogP) is 3.39. The third-order valence-corrected chi connectivity index (χ3v) is 5.32. The fourth-order valence-corrected chi connectivity index (χ4v) is 3.43. The van der Waals surface area contributed by atoms with E-state index in [1.807, 2.05) is 60.7 Å². The molecule has 1 aromatic heterocycles. The molecule has 3 aromatic rings. The highest BCUT2D eigenvalue weighted by Crippen LogP contribution is 2.17. The Hall–Kier alpha value is -3.67. The summed E-state index contributed by atoms with van der Waals surface area (Å²) in [6.07, 6.45) is 1.46. The Labute approximate surface area is 182 Å². The predicted molar refractivity (Wildman–Crippen MR) is 122 cm³/mol. The van der Waals surface area contributed by atoms with E-state index in [1.54, 1.807) is 19.0 Å². The Morgan fingerprint density at radius 2 is 1.52 bits per heavy atom. The van der Waals surface area contributed by atoms with Gasteiger partial charge in [0.05, 0.1) is 5.56 Å². The molecule has 0 radical (unpaired) electrons. The van der Waals surface area contributed by atoms with Gasteiger partial charge in [-0.25, -0.2) is 0 Å².